The first-order valence-electron chi connectivity index (χ1n) is 12.8. The highest BCUT2D eigenvalue weighted by molar-refractivity contribution is 7.92. The zero-order chi connectivity index (χ0) is 28.7. The van der Waals surface area contributed by atoms with E-state index in [1.165, 1.54) is 24.1 Å². The van der Waals surface area contributed by atoms with Gasteiger partial charge in [0, 0.05) is 13.6 Å². The third kappa shape index (κ3) is 6.97. The van der Waals surface area contributed by atoms with E-state index >= 15 is 0 Å². The molecule has 0 saturated heterocycles. The molecule has 0 aromatic heterocycles. The molecule has 0 spiro atoms. The van der Waals surface area contributed by atoms with Crippen molar-refractivity contribution < 1.29 is 22.7 Å². The lowest BCUT2D eigenvalue weighted by Gasteiger charge is -2.33. The molecule has 3 aromatic carbocycles. The van der Waals surface area contributed by atoms with E-state index in [-0.39, 0.29) is 17.3 Å². The quantitative estimate of drug-likeness (QED) is 0.382. The Balaban J connectivity index is 2.09. The second-order valence-electron chi connectivity index (χ2n) is 9.50. The van der Waals surface area contributed by atoms with Crippen molar-refractivity contribution in [3.05, 3.63) is 89.0 Å². The summed E-state index contributed by atoms with van der Waals surface area (Å²) >= 11 is 0. The SMILES string of the molecule is CC[C@H](C(=O)NC)N(Cc1cccc(OC)c1)C(=O)CN(c1ccc(C)c(C)c1)S(=O)(=O)c1ccc(C)cc1. The van der Waals surface area contributed by atoms with Crippen molar-refractivity contribution in [1.82, 2.24) is 10.2 Å². The number of nitrogens with one attached hydrogen (secondary N) is 1. The molecular weight excluding hydrogens is 514 g/mol. The van der Waals surface area contributed by atoms with Gasteiger partial charge in [0.05, 0.1) is 17.7 Å². The van der Waals surface area contributed by atoms with Gasteiger partial charge < -0.3 is 15.0 Å². The Morgan fingerprint density at radius 1 is 0.949 bits per heavy atom. The lowest BCUT2D eigenvalue weighted by molar-refractivity contribution is -0.140. The summed E-state index contributed by atoms with van der Waals surface area (Å²) < 4.78 is 34.3. The lowest BCUT2D eigenvalue weighted by atomic mass is 10.1. The summed E-state index contributed by atoms with van der Waals surface area (Å²) in [7, 11) is -1.03. The summed E-state index contributed by atoms with van der Waals surface area (Å²) in [6.45, 7) is 7.15. The zero-order valence-electron chi connectivity index (χ0n) is 23.4. The number of hydrogen-bond acceptors (Lipinski definition) is 5. The largest absolute Gasteiger partial charge is 0.497 e. The van der Waals surface area contributed by atoms with Crippen molar-refractivity contribution in [2.24, 2.45) is 0 Å². The van der Waals surface area contributed by atoms with Crippen LogP contribution in [0.15, 0.2) is 71.6 Å². The maximum absolute atomic E-state index is 14.0. The molecule has 208 valence electrons. The molecule has 0 fully saturated rings. The average Bonchev–Trinajstić information content (AvgIpc) is 2.93. The molecule has 0 heterocycles. The number of likely N-dealkylation sites (N-methyl/N-ethyl adjacent to an activating group) is 1. The number of amides is 2. The van der Waals surface area contributed by atoms with E-state index in [2.05, 4.69) is 5.32 Å². The first kappa shape index (κ1) is 29.7. The predicted octanol–water partition coefficient (Wildman–Crippen LogP) is 4.37. The molecule has 1 N–H and O–H groups in total. The Labute approximate surface area is 231 Å². The van der Waals surface area contributed by atoms with Gasteiger partial charge >= 0.3 is 0 Å². The standard InChI is InChI=1S/C30H37N3O5S/c1-7-28(30(35)31-5)32(19-24-9-8-10-26(18-24)38-6)29(34)20-33(25-14-13-22(3)23(4)17-25)39(36,37)27-15-11-21(2)12-16-27/h8-18,28H,7,19-20H2,1-6H3,(H,31,35)/t28-/m1/s1. The van der Waals surface area contributed by atoms with Gasteiger partial charge in [-0.3, -0.25) is 13.9 Å². The Morgan fingerprint density at radius 2 is 1.64 bits per heavy atom. The maximum Gasteiger partial charge on any atom is 0.264 e. The Hall–Kier alpha value is -3.85. The number of ether oxygens (including phenoxy) is 1. The second-order valence-corrected chi connectivity index (χ2v) is 11.4. The number of anilines is 1. The van der Waals surface area contributed by atoms with E-state index in [4.69, 9.17) is 4.74 Å². The molecule has 0 aliphatic rings. The van der Waals surface area contributed by atoms with Crippen LogP contribution in [0.4, 0.5) is 5.69 Å². The number of carbonyl (C=O) groups excluding carboxylic acids is 2. The van der Waals surface area contributed by atoms with E-state index in [1.807, 2.05) is 39.8 Å². The summed E-state index contributed by atoms with van der Waals surface area (Å²) in [4.78, 5) is 28.3. The first-order chi connectivity index (χ1) is 18.5. The number of methoxy groups -OCH3 is 1. The molecule has 0 aliphatic carbocycles. The van der Waals surface area contributed by atoms with Crippen LogP contribution >= 0.6 is 0 Å². The average molecular weight is 552 g/mol. The number of nitrogens with zero attached hydrogens (tertiary/aromatic N) is 2. The van der Waals surface area contributed by atoms with Crippen molar-refractivity contribution in [3.63, 3.8) is 0 Å². The lowest BCUT2D eigenvalue weighted by Crippen LogP contribution is -2.51. The van der Waals surface area contributed by atoms with Gasteiger partial charge in [-0.2, -0.15) is 0 Å². The Morgan fingerprint density at radius 3 is 2.23 bits per heavy atom. The van der Waals surface area contributed by atoms with Gasteiger partial charge in [-0.25, -0.2) is 8.42 Å². The second kappa shape index (κ2) is 12.8. The summed E-state index contributed by atoms with van der Waals surface area (Å²) in [5, 5.41) is 2.63. The fourth-order valence-electron chi connectivity index (χ4n) is 4.30. The number of aryl methyl sites for hydroxylation is 3. The number of rotatable bonds is 11. The highest BCUT2D eigenvalue weighted by Crippen LogP contribution is 2.27. The fraction of sp³-hybridized carbons (Fsp3) is 0.333. The van der Waals surface area contributed by atoms with Gasteiger partial charge in [0.1, 0.15) is 18.3 Å². The molecule has 0 radical (unpaired) electrons. The minimum atomic E-state index is -4.11. The van der Waals surface area contributed by atoms with Crippen molar-refractivity contribution in [2.75, 3.05) is 25.0 Å². The van der Waals surface area contributed by atoms with Gasteiger partial charge in [-0.15, -0.1) is 0 Å². The minimum absolute atomic E-state index is 0.0804. The van der Waals surface area contributed by atoms with Crippen molar-refractivity contribution in [1.29, 1.82) is 0 Å². The fourth-order valence-corrected chi connectivity index (χ4v) is 5.71. The third-order valence-corrected chi connectivity index (χ3v) is 8.57. The molecular formula is C30H37N3O5S. The van der Waals surface area contributed by atoms with Crippen LogP contribution in [0.1, 0.15) is 35.6 Å². The van der Waals surface area contributed by atoms with Crippen LogP contribution in [0, 0.1) is 20.8 Å². The summed E-state index contributed by atoms with van der Waals surface area (Å²) in [5.41, 5.74) is 3.95. The highest BCUT2D eigenvalue weighted by atomic mass is 32.2. The van der Waals surface area contributed by atoms with E-state index in [9.17, 15) is 18.0 Å². The normalized spacial score (nSPS) is 11.9. The molecule has 39 heavy (non-hydrogen) atoms. The molecule has 3 rings (SSSR count). The predicted molar refractivity (Wildman–Crippen MR) is 153 cm³/mol. The number of sulfonamides is 1. The van der Waals surface area contributed by atoms with Gasteiger partial charge in [-0.1, -0.05) is 42.8 Å². The van der Waals surface area contributed by atoms with Gasteiger partial charge in [0.25, 0.3) is 10.0 Å². The first-order valence-corrected chi connectivity index (χ1v) is 14.3. The third-order valence-electron chi connectivity index (χ3n) is 6.79. The monoisotopic (exact) mass is 551 g/mol. The van der Waals surface area contributed by atoms with Crippen molar-refractivity contribution >= 4 is 27.5 Å². The highest BCUT2D eigenvalue weighted by Gasteiger charge is 2.33. The van der Waals surface area contributed by atoms with Gasteiger partial charge in [-0.05, 0) is 80.3 Å². The van der Waals surface area contributed by atoms with Crippen LogP contribution in [0.3, 0.4) is 0 Å². The van der Waals surface area contributed by atoms with Crippen LogP contribution in [0.25, 0.3) is 0 Å². The van der Waals surface area contributed by atoms with Crippen LogP contribution in [0.5, 0.6) is 5.75 Å². The topological polar surface area (TPSA) is 96.0 Å². The molecule has 3 aromatic rings. The summed E-state index contributed by atoms with van der Waals surface area (Å²) in [6, 6.07) is 18.3. The number of hydrogen-bond donors (Lipinski definition) is 1. The summed E-state index contributed by atoms with van der Waals surface area (Å²) in [5.74, 6) is -0.207. The Bertz CT molecular complexity index is 1420. The molecule has 2 amide bonds. The minimum Gasteiger partial charge on any atom is -0.497 e. The molecule has 0 bridgehead atoms. The molecule has 0 unspecified atom stereocenters. The maximum atomic E-state index is 14.0. The van der Waals surface area contributed by atoms with Gasteiger partial charge in [0.15, 0.2) is 0 Å². The molecule has 0 aliphatic heterocycles. The van der Waals surface area contributed by atoms with Crippen LogP contribution in [-0.2, 0) is 26.2 Å². The van der Waals surface area contributed by atoms with E-state index in [0.717, 1.165) is 26.6 Å². The zero-order valence-corrected chi connectivity index (χ0v) is 24.2. The molecule has 1 atom stereocenters. The van der Waals surface area contributed by atoms with Crippen LogP contribution in [0.2, 0.25) is 0 Å². The van der Waals surface area contributed by atoms with Gasteiger partial charge in [0.2, 0.25) is 11.8 Å². The number of carbonyl (C=O) groups is 2. The van der Waals surface area contributed by atoms with Crippen LogP contribution in [-0.4, -0.2) is 51.9 Å². The Kier molecular flexibility index (Phi) is 9.75. The van der Waals surface area contributed by atoms with Crippen LogP contribution < -0.4 is 14.4 Å². The van der Waals surface area contributed by atoms with Crippen molar-refractivity contribution in [3.8, 4) is 5.75 Å². The number of benzene rings is 3. The molecule has 9 heteroatoms. The molecule has 0 saturated carbocycles. The van der Waals surface area contributed by atoms with E-state index in [0.29, 0.717) is 17.9 Å². The van der Waals surface area contributed by atoms with Crippen molar-refractivity contribution in [2.45, 2.75) is 51.6 Å². The summed E-state index contributed by atoms with van der Waals surface area (Å²) in [6.07, 6.45) is 0.351. The molecule has 8 nitrogen and oxygen atoms in total. The van der Waals surface area contributed by atoms with E-state index in [1.54, 1.807) is 49.6 Å². The smallest absolute Gasteiger partial charge is 0.264 e. The van der Waals surface area contributed by atoms with E-state index < -0.39 is 28.5 Å².